The molecule has 0 spiro atoms. The number of nitrogens with two attached hydrogens (primary N) is 1. The summed E-state index contributed by atoms with van der Waals surface area (Å²) in [7, 11) is 0. The minimum atomic E-state index is 0.185. The van der Waals surface area contributed by atoms with Gasteiger partial charge in [-0.3, -0.25) is 10.1 Å². The number of aromatic nitrogens is 7. The Labute approximate surface area is 153 Å². The second-order valence-corrected chi connectivity index (χ2v) is 6.03. The van der Waals surface area contributed by atoms with E-state index in [-0.39, 0.29) is 5.95 Å². The van der Waals surface area contributed by atoms with E-state index in [1.807, 2.05) is 36.5 Å². The largest absolute Gasteiger partial charge is 0.368 e. The number of fused-ring (bicyclic) bond motifs is 2. The maximum absolute atomic E-state index is 5.90. The Bertz CT molecular complexity index is 1240. The first-order chi connectivity index (χ1) is 13.3. The lowest BCUT2D eigenvalue weighted by molar-refractivity contribution is 1.03. The molecule has 9 nitrogen and oxygen atoms in total. The van der Waals surface area contributed by atoms with Gasteiger partial charge in [-0.15, -0.1) is 0 Å². The number of aromatic amines is 2. The summed E-state index contributed by atoms with van der Waals surface area (Å²) < 4.78 is 0. The molecule has 0 bridgehead atoms. The van der Waals surface area contributed by atoms with Crippen LogP contribution in [0.3, 0.4) is 0 Å². The molecule has 0 atom stereocenters. The summed E-state index contributed by atoms with van der Waals surface area (Å²) >= 11 is 0. The van der Waals surface area contributed by atoms with Gasteiger partial charge in [0.2, 0.25) is 5.95 Å². The van der Waals surface area contributed by atoms with Crippen molar-refractivity contribution in [2.75, 3.05) is 11.1 Å². The number of hydrogen-bond acceptors (Lipinski definition) is 7. The van der Waals surface area contributed by atoms with Crippen LogP contribution in [0, 0.1) is 0 Å². The van der Waals surface area contributed by atoms with Gasteiger partial charge in [-0.1, -0.05) is 6.07 Å². The lowest BCUT2D eigenvalue weighted by Crippen LogP contribution is -2.04. The summed E-state index contributed by atoms with van der Waals surface area (Å²) in [4.78, 5) is 20.8. The monoisotopic (exact) mass is 357 g/mol. The predicted octanol–water partition coefficient (Wildman–Crippen LogP) is 2.49. The van der Waals surface area contributed by atoms with Gasteiger partial charge < -0.3 is 16.0 Å². The van der Waals surface area contributed by atoms with Crippen molar-refractivity contribution in [3.05, 3.63) is 54.6 Å². The van der Waals surface area contributed by atoms with Crippen molar-refractivity contribution in [3.8, 4) is 11.3 Å². The van der Waals surface area contributed by atoms with Gasteiger partial charge in [-0.05, 0) is 24.3 Å². The van der Waals surface area contributed by atoms with Crippen LogP contribution in [0.15, 0.2) is 48.9 Å². The van der Waals surface area contributed by atoms with E-state index in [9.17, 15) is 0 Å². The van der Waals surface area contributed by atoms with Crippen molar-refractivity contribution in [1.82, 2.24) is 35.1 Å². The van der Waals surface area contributed by atoms with Gasteiger partial charge >= 0.3 is 0 Å². The zero-order valence-electron chi connectivity index (χ0n) is 14.1. The maximum Gasteiger partial charge on any atom is 0.222 e. The molecule has 5 N–H and O–H groups in total. The first-order valence-corrected chi connectivity index (χ1v) is 8.37. The summed E-state index contributed by atoms with van der Waals surface area (Å²) in [5.74, 6) is 0.893. The zero-order valence-corrected chi connectivity index (χ0v) is 14.1. The zero-order chi connectivity index (χ0) is 18.2. The van der Waals surface area contributed by atoms with Crippen LogP contribution in [0.4, 0.5) is 11.8 Å². The van der Waals surface area contributed by atoms with Crippen molar-refractivity contribution in [2.45, 2.75) is 6.54 Å². The molecule has 5 aromatic heterocycles. The van der Waals surface area contributed by atoms with Crippen LogP contribution in [-0.4, -0.2) is 35.1 Å². The smallest absolute Gasteiger partial charge is 0.222 e. The fraction of sp³-hybridized carbons (Fsp3) is 0.0556. The first-order valence-electron chi connectivity index (χ1n) is 8.37. The van der Waals surface area contributed by atoms with Gasteiger partial charge in [0.15, 0.2) is 5.65 Å². The van der Waals surface area contributed by atoms with Crippen molar-refractivity contribution in [3.63, 3.8) is 0 Å². The minimum absolute atomic E-state index is 0.185. The van der Waals surface area contributed by atoms with E-state index in [0.717, 1.165) is 27.7 Å². The Hall–Kier alpha value is -4.01. The molecular formula is C18H15N9. The summed E-state index contributed by atoms with van der Waals surface area (Å²) in [6.45, 7) is 0.562. The van der Waals surface area contributed by atoms with Crippen molar-refractivity contribution < 1.29 is 0 Å². The minimum Gasteiger partial charge on any atom is -0.368 e. The molecule has 0 aliphatic heterocycles. The molecule has 5 rings (SSSR count). The quantitative estimate of drug-likeness (QED) is 0.388. The molecule has 5 aromatic rings. The molecule has 0 fully saturated rings. The molecule has 0 unspecified atom stereocenters. The average Bonchev–Trinajstić information content (AvgIpc) is 3.35. The molecule has 0 aliphatic rings. The van der Waals surface area contributed by atoms with Crippen LogP contribution in [0.25, 0.3) is 33.3 Å². The highest BCUT2D eigenvalue weighted by molar-refractivity contribution is 6.01. The Morgan fingerprint density at radius 3 is 2.89 bits per heavy atom. The SMILES string of the molecule is Nc1nc(-c2cc(NCc3ccccn3)nc3[nH]ccc23)c2cn[nH]c2n1. The highest BCUT2D eigenvalue weighted by Crippen LogP contribution is 2.32. The number of anilines is 2. The van der Waals surface area contributed by atoms with E-state index in [1.54, 1.807) is 12.4 Å². The fourth-order valence-corrected chi connectivity index (χ4v) is 3.07. The molecule has 0 saturated carbocycles. The number of nitrogens with one attached hydrogen (secondary N) is 3. The fourth-order valence-electron chi connectivity index (χ4n) is 3.07. The van der Waals surface area contributed by atoms with Gasteiger partial charge in [-0.25, -0.2) is 9.97 Å². The molecular weight excluding hydrogens is 342 g/mol. The van der Waals surface area contributed by atoms with Gasteiger partial charge in [0.05, 0.1) is 29.5 Å². The highest BCUT2D eigenvalue weighted by Gasteiger charge is 2.15. The van der Waals surface area contributed by atoms with Crippen LogP contribution in [-0.2, 0) is 6.54 Å². The van der Waals surface area contributed by atoms with E-state index in [1.165, 1.54) is 0 Å². The number of nitrogens with zero attached hydrogens (tertiary/aromatic N) is 5. The van der Waals surface area contributed by atoms with Crippen molar-refractivity contribution in [2.24, 2.45) is 0 Å². The van der Waals surface area contributed by atoms with E-state index >= 15 is 0 Å². The normalized spacial score (nSPS) is 11.3. The van der Waals surface area contributed by atoms with E-state index in [4.69, 9.17) is 5.73 Å². The summed E-state index contributed by atoms with van der Waals surface area (Å²) in [6.07, 6.45) is 5.31. The Morgan fingerprint density at radius 1 is 1.04 bits per heavy atom. The van der Waals surface area contributed by atoms with Crippen LogP contribution in [0.5, 0.6) is 0 Å². The van der Waals surface area contributed by atoms with Crippen LogP contribution in [0.2, 0.25) is 0 Å². The van der Waals surface area contributed by atoms with Gasteiger partial charge in [-0.2, -0.15) is 10.1 Å². The third-order valence-corrected chi connectivity index (χ3v) is 4.29. The van der Waals surface area contributed by atoms with E-state index in [2.05, 4.69) is 40.4 Å². The van der Waals surface area contributed by atoms with Crippen LogP contribution >= 0.6 is 0 Å². The average molecular weight is 357 g/mol. The van der Waals surface area contributed by atoms with Crippen molar-refractivity contribution in [1.29, 1.82) is 0 Å². The molecule has 9 heteroatoms. The Kier molecular flexibility index (Phi) is 3.42. The third kappa shape index (κ3) is 2.71. The Balaban J connectivity index is 1.63. The number of H-pyrrole nitrogens is 2. The second kappa shape index (κ2) is 6.06. The van der Waals surface area contributed by atoms with E-state index < -0.39 is 0 Å². The molecule has 0 saturated heterocycles. The second-order valence-electron chi connectivity index (χ2n) is 6.03. The molecule has 27 heavy (non-hydrogen) atoms. The van der Waals surface area contributed by atoms with Gasteiger partial charge in [0, 0.05) is 23.3 Å². The van der Waals surface area contributed by atoms with Crippen molar-refractivity contribution >= 4 is 33.8 Å². The lowest BCUT2D eigenvalue weighted by Gasteiger charge is -2.10. The molecule has 132 valence electrons. The number of pyridine rings is 2. The number of nitrogen functional groups attached to an aromatic ring is 1. The maximum atomic E-state index is 5.90. The van der Waals surface area contributed by atoms with Gasteiger partial charge in [0.1, 0.15) is 11.5 Å². The topological polar surface area (TPSA) is 134 Å². The standard InChI is InChI=1S/C18H15N9/c19-18-25-15(13-9-23-27-17(13)26-18)12-7-14(24-16-11(12)4-6-21-16)22-8-10-3-1-2-5-20-10/h1-7,9H,8H2,(H2,21,22,24)(H3,19,23,25,26,27). The predicted molar refractivity (Wildman–Crippen MR) is 103 cm³/mol. The number of rotatable bonds is 4. The van der Waals surface area contributed by atoms with E-state index in [0.29, 0.717) is 23.7 Å². The summed E-state index contributed by atoms with van der Waals surface area (Å²) in [5.41, 5.74) is 9.78. The lowest BCUT2D eigenvalue weighted by atomic mass is 10.1. The molecule has 0 aliphatic carbocycles. The first kappa shape index (κ1) is 15.3. The Morgan fingerprint density at radius 2 is 2.00 bits per heavy atom. The van der Waals surface area contributed by atoms with Gasteiger partial charge in [0.25, 0.3) is 0 Å². The number of hydrogen-bond donors (Lipinski definition) is 4. The summed E-state index contributed by atoms with van der Waals surface area (Å²) in [5, 5.41) is 12.0. The third-order valence-electron chi connectivity index (χ3n) is 4.29. The van der Waals surface area contributed by atoms with Crippen LogP contribution in [0.1, 0.15) is 5.69 Å². The summed E-state index contributed by atoms with van der Waals surface area (Å²) in [6, 6.07) is 9.72. The molecule has 5 heterocycles. The molecule has 0 amide bonds. The highest BCUT2D eigenvalue weighted by atomic mass is 15.2. The molecule has 0 radical (unpaired) electrons. The molecule has 0 aromatic carbocycles. The van der Waals surface area contributed by atoms with Crippen LogP contribution < -0.4 is 11.1 Å².